The van der Waals surface area contributed by atoms with Gasteiger partial charge < -0.3 is 9.73 Å². The summed E-state index contributed by atoms with van der Waals surface area (Å²) in [6.45, 7) is 2.67. The van der Waals surface area contributed by atoms with Crippen molar-refractivity contribution in [2.24, 2.45) is 0 Å². The smallest absolute Gasteiger partial charge is 0.255 e. The maximum Gasteiger partial charge on any atom is 0.255 e. The van der Waals surface area contributed by atoms with Crippen LogP contribution in [0.1, 0.15) is 5.69 Å². The predicted molar refractivity (Wildman–Crippen MR) is 66.9 cm³/mol. The number of thioether (sulfide) groups is 1. The molecule has 2 aromatic rings. The lowest BCUT2D eigenvalue weighted by Crippen LogP contribution is -2.03. The lowest BCUT2D eigenvalue weighted by molar-refractivity contribution is 0.454. The van der Waals surface area contributed by atoms with Crippen molar-refractivity contribution in [3.8, 4) is 0 Å². The van der Waals surface area contributed by atoms with E-state index < -0.39 is 0 Å². The largest absolute Gasteiger partial charge is 0.440 e. The number of anilines is 1. The summed E-state index contributed by atoms with van der Waals surface area (Å²) in [5.41, 5.74) is 1.80. The van der Waals surface area contributed by atoms with Gasteiger partial charge in [-0.3, -0.25) is 0 Å². The van der Waals surface area contributed by atoms with Crippen LogP contribution in [0.4, 0.5) is 10.1 Å². The first-order chi connectivity index (χ1) is 8.24. The summed E-state index contributed by atoms with van der Waals surface area (Å²) in [5.74, 6) is 0.623. The van der Waals surface area contributed by atoms with Crippen LogP contribution in [0.5, 0.6) is 0 Å². The quantitative estimate of drug-likeness (QED) is 0.654. The molecule has 2 rings (SSSR count). The molecule has 1 aromatic heterocycles. The molecule has 0 aliphatic rings. The molecule has 0 saturated carbocycles. The lowest BCUT2D eigenvalue weighted by Gasteiger charge is -2.04. The summed E-state index contributed by atoms with van der Waals surface area (Å²) in [7, 11) is 0. The van der Waals surface area contributed by atoms with E-state index in [0.717, 1.165) is 23.7 Å². The number of aryl methyl sites for hydroxylation is 1. The molecule has 0 radical (unpaired) electrons. The summed E-state index contributed by atoms with van der Waals surface area (Å²) in [4.78, 5) is 4.19. The molecule has 0 saturated heterocycles. The molecular formula is C12H13FN2OS. The van der Waals surface area contributed by atoms with Crippen molar-refractivity contribution in [2.45, 2.75) is 12.1 Å². The van der Waals surface area contributed by atoms with Crippen LogP contribution in [0, 0.1) is 12.7 Å². The lowest BCUT2D eigenvalue weighted by atomic mass is 10.3. The zero-order valence-electron chi connectivity index (χ0n) is 9.44. The van der Waals surface area contributed by atoms with E-state index in [1.807, 2.05) is 6.92 Å². The van der Waals surface area contributed by atoms with E-state index in [-0.39, 0.29) is 5.82 Å². The summed E-state index contributed by atoms with van der Waals surface area (Å²) in [6, 6.07) is 6.31. The Morgan fingerprint density at radius 2 is 2.12 bits per heavy atom. The van der Waals surface area contributed by atoms with Gasteiger partial charge in [0.05, 0.1) is 5.69 Å². The number of halogens is 1. The minimum atomic E-state index is -0.222. The number of hydrogen-bond acceptors (Lipinski definition) is 4. The molecule has 90 valence electrons. The van der Waals surface area contributed by atoms with Crippen LogP contribution < -0.4 is 5.32 Å². The summed E-state index contributed by atoms with van der Waals surface area (Å²) < 4.78 is 17.9. The van der Waals surface area contributed by atoms with E-state index in [2.05, 4.69) is 10.3 Å². The fraction of sp³-hybridized carbons (Fsp3) is 0.250. The number of hydrogen-bond donors (Lipinski definition) is 1. The Hall–Kier alpha value is -1.49. The number of benzene rings is 1. The van der Waals surface area contributed by atoms with Crippen molar-refractivity contribution in [1.82, 2.24) is 4.98 Å². The normalized spacial score (nSPS) is 10.5. The Kier molecular flexibility index (Phi) is 4.03. The van der Waals surface area contributed by atoms with Gasteiger partial charge in [-0.15, -0.1) is 0 Å². The van der Waals surface area contributed by atoms with Gasteiger partial charge in [0.2, 0.25) is 0 Å². The number of nitrogens with zero attached hydrogens (tertiary/aromatic N) is 1. The van der Waals surface area contributed by atoms with Crippen molar-refractivity contribution in [1.29, 1.82) is 0 Å². The van der Waals surface area contributed by atoms with Crippen LogP contribution in [-0.4, -0.2) is 17.3 Å². The maximum atomic E-state index is 12.6. The van der Waals surface area contributed by atoms with Gasteiger partial charge in [0, 0.05) is 18.0 Å². The van der Waals surface area contributed by atoms with E-state index >= 15 is 0 Å². The minimum absolute atomic E-state index is 0.222. The minimum Gasteiger partial charge on any atom is -0.440 e. The zero-order chi connectivity index (χ0) is 12.1. The topological polar surface area (TPSA) is 38.1 Å². The summed E-state index contributed by atoms with van der Waals surface area (Å²) in [6.07, 6.45) is 1.63. The molecule has 17 heavy (non-hydrogen) atoms. The van der Waals surface area contributed by atoms with Gasteiger partial charge in [-0.25, -0.2) is 9.37 Å². The van der Waals surface area contributed by atoms with Gasteiger partial charge in [0.25, 0.3) is 5.22 Å². The average Bonchev–Trinajstić information content (AvgIpc) is 2.73. The third-order valence-corrected chi connectivity index (χ3v) is 2.94. The molecule has 1 heterocycles. The molecule has 1 N–H and O–H groups in total. The van der Waals surface area contributed by atoms with Gasteiger partial charge in [0.15, 0.2) is 0 Å². The average molecular weight is 252 g/mol. The molecule has 1 aromatic carbocycles. The molecule has 0 spiro atoms. The van der Waals surface area contributed by atoms with Crippen molar-refractivity contribution in [3.63, 3.8) is 0 Å². The van der Waals surface area contributed by atoms with E-state index in [1.165, 1.54) is 12.1 Å². The second-order valence-electron chi connectivity index (χ2n) is 3.54. The number of oxazole rings is 1. The Morgan fingerprint density at radius 3 is 2.76 bits per heavy atom. The molecular weight excluding hydrogens is 239 g/mol. The first kappa shape index (κ1) is 12.0. The van der Waals surface area contributed by atoms with E-state index in [9.17, 15) is 4.39 Å². The molecule has 0 aliphatic heterocycles. The Balaban J connectivity index is 1.71. The van der Waals surface area contributed by atoms with Gasteiger partial charge in [-0.2, -0.15) is 0 Å². The van der Waals surface area contributed by atoms with Crippen molar-refractivity contribution in [2.75, 3.05) is 17.6 Å². The van der Waals surface area contributed by atoms with Crippen LogP contribution in [0.3, 0.4) is 0 Å². The predicted octanol–water partition coefficient (Wildman–Crippen LogP) is 3.33. The summed E-state index contributed by atoms with van der Waals surface area (Å²) in [5, 5.41) is 3.88. The highest BCUT2D eigenvalue weighted by atomic mass is 32.2. The highest BCUT2D eigenvalue weighted by molar-refractivity contribution is 7.99. The second-order valence-corrected chi connectivity index (χ2v) is 4.58. The Labute approximate surface area is 103 Å². The standard InChI is InChI=1S/C12H13FN2OS/c1-9-8-16-12(15-9)17-7-6-14-11-4-2-10(13)3-5-11/h2-5,8,14H,6-7H2,1H3. The molecule has 0 bridgehead atoms. The number of nitrogens with one attached hydrogen (secondary N) is 1. The second kappa shape index (κ2) is 5.72. The fourth-order valence-corrected chi connectivity index (χ4v) is 2.00. The van der Waals surface area contributed by atoms with Gasteiger partial charge in [-0.1, -0.05) is 11.8 Å². The first-order valence-electron chi connectivity index (χ1n) is 5.28. The van der Waals surface area contributed by atoms with Crippen LogP contribution >= 0.6 is 11.8 Å². The maximum absolute atomic E-state index is 12.6. The van der Waals surface area contributed by atoms with Crippen LogP contribution in [0.25, 0.3) is 0 Å². The first-order valence-corrected chi connectivity index (χ1v) is 6.27. The van der Waals surface area contributed by atoms with Crippen LogP contribution in [-0.2, 0) is 0 Å². The Bertz CT molecular complexity index is 470. The van der Waals surface area contributed by atoms with E-state index in [1.54, 1.807) is 30.2 Å². The fourth-order valence-electron chi connectivity index (χ4n) is 1.30. The summed E-state index contributed by atoms with van der Waals surface area (Å²) >= 11 is 1.55. The highest BCUT2D eigenvalue weighted by Crippen LogP contribution is 2.16. The molecule has 0 atom stereocenters. The third kappa shape index (κ3) is 3.78. The Morgan fingerprint density at radius 1 is 1.35 bits per heavy atom. The van der Waals surface area contributed by atoms with Crippen molar-refractivity contribution < 1.29 is 8.81 Å². The van der Waals surface area contributed by atoms with E-state index in [4.69, 9.17) is 4.42 Å². The van der Waals surface area contributed by atoms with Crippen LogP contribution in [0.2, 0.25) is 0 Å². The molecule has 0 aliphatic carbocycles. The van der Waals surface area contributed by atoms with Crippen molar-refractivity contribution >= 4 is 17.4 Å². The van der Waals surface area contributed by atoms with Gasteiger partial charge >= 0.3 is 0 Å². The molecule has 0 fully saturated rings. The molecule has 5 heteroatoms. The molecule has 0 amide bonds. The van der Waals surface area contributed by atoms with Gasteiger partial charge in [-0.05, 0) is 31.2 Å². The van der Waals surface area contributed by atoms with Crippen molar-refractivity contribution in [3.05, 3.63) is 42.0 Å². The van der Waals surface area contributed by atoms with E-state index in [0.29, 0.717) is 5.22 Å². The molecule has 0 unspecified atom stereocenters. The van der Waals surface area contributed by atoms with Crippen LogP contribution in [0.15, 0.2) is 40.2 Å². The number of aromatic nitrogens is 1. The molecule has 3 nitrogen and oxygen atoms in total. The monoisotopic (exact) mass is 252 g/mol. The third-order valence-electron chi connectivity index (χ3n) is 2.10. The number of rotatable bonds is 5. The van der Waals surface area contributed by atoms with Gasteiger partial charge in [0.1, 0.15) is 12.1 Å². The SMILES string of the molecule is Cc1coc(SCCNc2ccc(F)cc2)n1. The highest BCUT2D eigenvalue weighted by Gasteiger charge is 2.00. The zero-order valence-corrected chi connectivity index (χ0v) is 10.3.